The highest BCUT2D eigenvalue weighted by Gasteiger charge is 2.32. The number of carbonyl (C=O) groups excluding carboxylic acids is 2. The number of methoxy groups -OCH3 is 1. The van der Waals surface area contributed by atoms with Crippen LogP contribution in [0.5, 0.6) is 5.75 Å². The summed E-state index contributed by atoms with van der Waals surface area (Å²) in [6, 6.07) is 17.0. The molecule has 0 aliphatic carbocycles. The van der Waals surface area contributed by atoms with Gasteiger partial charge < -0.3 is 9.47 Å². The lowest BCUT2D eigenvalue weighted by Gasteiger charge is -2.20. The van der Waals surface area contributed by atoms with E-state index in [1.54, 1.807) is 12.1 Å². The Morgan fingerprint density at radius 2 is 1.62 bits per heavy atom. The molecule has 0 saturated heterocycles. The van der Waals surface area contributed by atoms with Crippen LogP contribution >= 0.6 is 11.6 Å². The quantitative estimate of drug-likeness (QED) is 0.411. The van der Waals surface area contributed by atoms with Crippen LogP contribution in [0.25, 0.3) is 0 Å². The molecule has 0 saturated carbocycles. The third-order valence-electron chi connectivity index (χ3n) is 5.07. The van der Waals surface area contributed by atoms with E-state index in [1.807, 2.05) is 12.1 Å². The zero-order valence-electron chi connectivity index (χ0n) is 16.9. The number of hydrogen-bond acceptors (Lipinski definition) is 6. The molecule has 0 fully saturated rings. The second kappa shape index (κ2) is 8.64. The first-order chi connectivity index (χ1) is 15.3. The average molecular weight is 472 g/mol. The molecule has 0 atom stereocenters. The summed E-state index contributed by atoms with van der Waals surface area (Å²) in [5, 5.41) is 0.00774. The predicted octanol–water partition coefficient (Wildman–Crippen LogP) is 4.10. The maximum Gasteiger partial charge on any atom is 0.343 e. The van der Waals surface area contributed by atoms with Gasteiger partial charge in [0.1, 0.15) is 10.6 Å². The average Bonchev–Trinajstić information content (AvgIpc) is 3.24. The third kappa shape index (κ3) is 4.06. The minimum absolute atomic E-state index is 0.00774. The Hall–Kier alpha value is -3.36. The number of carbonyl (C=O) groups is 2. The molecule has 1 aliphatic rings. The van der Waals surface area contributed by atoms with E-state index in [-0.39, 0.29) is 21.2 Å². The molecule has 0 spiro atoms. The van der Waals surface area contributed by atoms with E-state index < -0.39 is 22.0 Å². The first-order valence-electron chi connectivity index (χ1n) is 9.62. The van der Waals surface area contributed by atoms with Crippen LogP contribution < -0.4 is 9.04 Å². The molecule has 32 heavy (non-hydrogen) atoms. The van der Waals surface area contributed by atoms with Crippen LogP contribution in [0.1, 0.15) is 26.3 Å². The minimum Gasteiger partial charge on any atom is -0.465 e. The fourth-order valence-electron chi connectivity index (χ4n) is 3.45. The highest BCUT2D eigenvalue weighted by Crippen LogP contribution is 2.35. The smallest absolute Gasteiger partial charge is 0.343 e. The molecule has 0 unspecified atom stereocenters. The number of rotatable bonds is 5. The van der Waals surface area contributed by atoms with Gasteiger partial charge in [0.05, 0.1) is 28.9 Å². The summed E-state index contributed by atoms with van der Waals surface area (Å²) in [5.41, 5.74) is 1.86. The number of esters is 2. The minimum atomic E-state index is -3.99. The van der Waals surface area contributed by atoms with E-state index in [1.165, 1.54) is 53.9 Å². The topological polar surface area (TPSA) is 90.0 Å². The van der Waals surface area contributed by atoms with Crippen LogP contribution in [0, 0.1) is 0 Å². The summed E-state index contributed by atoms with van der Waals surface area (Å²) in [6.07, 6.45) is 0.594. The highest BCUT2D eigenvalue weighted by atomic mass is 35.5. The monoisotopic (exact) mass is 471 g/mol. The number of fused-ring (bicyclic) bond motifs is 1. The first kappa shape index (κ1) is 21.9. The Morgan fingerprint density at radius 3 is 2.34 bits per heavy atom. The largest absolute Gasteiger partial charge is 0.465 e. The first-order valence-corrected chi connectivity index (χ1v) is 11.4. The molecule has 164 valence electrons. The fraction of sp³-hybridized carbons (Fsp3) is 0.130. The van der Waals surface area contributed by atoms with Crippen LogP contribution in [0.4, 0.5) is 5.69 Å². The molecule has 1 heterocycles. The van der Waals surface area contributed by atoms with Gasteiger partial charge in [-0.05, 0) is 60.5 Å². The summed E-state index contributed by atoms with van der Waals surface area (Å²) in [6.45, 7) is 0.291. The summed E-state index contributed by atoms with van der Waals surface area (Å²) in [5.74, 6) is -1.08. The van der Waals surface area contributed by atoms with E-state index in [0.29, 0.717) is 24.2 Å². The number of halogens is 1. The van der Waals surface area contributed by atoms with Crippen molar-refractivity contribution in [3.63, 3.8) is 0 Å². The number of ether oxygens (including phenoxy) is 2. The number of benzene rings is 3. The lowest BCUT2D eigenvalue weighted by molar-refractivity contribution is 0.0600. The lowest BCUT2D eigenvalue weighted by atomic mass is 10.2. The molecule has 3 aromatic rings. The van der Waals surface area contributed by atoms with Crippen molar-refractivity contribution in [2.45, 2.75) is 11.3 Å². The second-order valence-corrected chi connectivity index (χ2v) is 9.24. The molecular formula is C23H18ClNO6S. The number of hydrogen-bond donors (Lipinski definition) is 0. The van der Waals surface area contributed by atoms with Crippen molar-refractivity contribution in [1.82, 2.24) is 0 Å². The SMILES string of the molecule is COC(=O)c1ccc(OC(=O)c2ccc(Cl)c(S(=O)(=O)N3CCc4ccccc43)c2)cc1. The molecule has 7 nitrogen and oxygen atoms in total. The van der Waals surface area contributed by atoms with Crippen molar-refractivity contribution < 1.29 is 27.5 Å². The van der Waals surface area contributed by atoms with Gasteiger partial charge in [0, 0.05) is 6.54 Å². The standard InChI is InChI=1S/C23H18ClNO6S/c1-30-22(26)16-6-9-18(10-7-16)31-23(27)17-8-11-19(24)21(14-17)32(28,29)25-13-12-15-4-2-3-5-20(15)25/h2-11,14H,12-13H2,1H3. The Labute approximate surface area is 190 Å². The number of sulfonamides is 1. The fourth-order valence-corrected chi connectivity index (χ4v) is 5.45. The summed E-state index contributed by atoms with van der Waals surface area (Å²) in [7, 11) is -2.72. The summed E-state index contributed by atoms with van der Waals surface area (Å²) < 4.78 is 37.9. The van der Waals surface area contributed by atoms with E-state index >= 15 is 0 Å². The molecule has 1 aliphatic heterocycles. The Balaban J connectivity index is 1.60. The van der Waals surface area contributed by atoms with E-state index in [4.69, 9.17) is 16.3 Å². The van der Waals surface area contributed by atoms with E-state index in [0.717, 1.165) is 5.56 Å². The van der Waals surface area contributed by atoms with Gasteiger partial charge in [-0.3, -0.25) is 4.31 Å². The second-order valence-electron chi connectivity index (χ2n) is 7.01. The Bertz CT molecular complexity index is 1300. The number of para-hydroxylation sites is 1. The van der Waals surface area contributed by atoms with Crippen molar-refractivity contribution in [3.05, 3.63) is 88.4 Å². The van der Waals surface area contributed by atoms with Gasteiger partial charge in [-0.25, -0.2) is 18.0 Å². The summed E-state index contributed by atoms with van der Waals surface area (Å²) in [4.78, 5) is 24.0. The number of nitrogens with zero attached hydrogens (tertiary/aromatic N) is 1. The van der Waals surface area contributed by atoms with Crippen LogP contribution in [-0.4, -0.2) is 34.0 Å². The molecule has 3 aromatic carbocycles. The van der Waals surface area contributed by atoms with Gasteiger partial charge in [-0.1, -0.05) is 29.8 Å². The Kier molecular flexibility index (Phi) is 5.90. The molecule has 9 heteroatoms. The summed E-state index contributed by atoms with van der Waals surface area (Å²) >= 11 is 6.21. The molecule has 4 rings (SSSR count). The zero-order valence-corrected chi connectivity index (χ0v) is 18.5. The van der Waals surface area contributed by atoms with E-state index in [2.05, 4.69) is 4.74 Å². The van der Waals surface area contributed by atoms with E-state index in [9.17, 15) is 18.0 Å². The molecule has 0 amide bonds. The number of anilines is 1. The zero-order chi connectivity index (χ0) is 22.9. The molecule has 0 N–H and O–H groups in total. The van der Waals surface area contributed by atoms with Crippen molar-refractivity contribution in [2.75, 3.05) is 18.0 Å². The van der Waals surface area contributed by atoms with Crippen LogP contribution in [0.3, 0.4) is 0 Å². The maximum absolute atomic E-state index is 13.3. The van der Waals surface area contributed by atoms with Crippen molar-refractivity contribution in [1.29, 1.82) is 0 Å². The van der Waals surface area contributed by atoms with Gasteiger partial charge in [-0.15, -0.1) is 0 Å². The van der Waals surface area contributed by atoms with Gasteiger partial charge in [0.25, 0.3) is 10.0 Å². The molecule has 0 bridgehead atoms. The third-order valence-corrected chi connectivity index (χ3v) is 7.36. The van der Waals surface area contributed by atoms with Gasteiger partial charge in [0.15, 0.2) is 0 Å². The van der Waals surface area contributed by atoms with Gasteiger partial charge in [-0.2, -0.15) is 0 Å². The normalized spacial score (nSPS) is 12.9. The van der Waals surface area contributed by atoms with Crippen LogP contribution in [-0.2, 0) is 21.2 Å². The van der Waals surface area contributed by atoms with Crippen molar-refractivity contribution in [3.8, 4) is 5.75 Å². The van der Waals surface area contributed by atoms with Gasteiger partial charge >= 0.3 is 11.9 Å². The van der Waals surface area contributed by atoms with Crippen LogP contribution in [0.2, 0.25) is 5.02 Å². The highest BCUT2D eigenvalue weighted by molar-refractivity contribution is 7.93. The van der Waals surface area contributed by atoms with Gasteiger partial charge in [0.2, 0.25) is 0 Å². The van der Waals surface area contributed by atoms with Crippen LogP contribution in [0.15, 0.2) is 71.6 Å². The lowest BCUT2D eigenvalue weighted by Crippen LogP contribution is -2.29. The maximum atomic E-state index is 13.3. The molecular weight excluding hydrogens is 454 g/mol. The van der Waals surface area contributed by atoms with Crippen molar-refractivity contribution >= 4 is 39.3 Å². The van der Waals surface area contributed by atoms with Crippen molar-refractivity contribution in [2.24, 2.45) is 0 Å². The molecule has 0 radical (unpaired) electrons. The predicted molar refractivity (Wildman–Crippen MR) is 119 cm³/mol. The Morgan fingerprint density at radius 1 is 0.938 bits per heavy atom. The molecule has 0 aromatic heterocycles.